The van der Waals surface area contributed by atoms with Crippen molar-refractivity contribution in [3.63, 3.8) is 0 Å². The second kappa shape index (κ2) is 7.53. The number of nitrogens with zero attached hydrogens (tertiary/aromatic N) is 1. The fourth-order valence-corrected chi connectivity index (χ4v) is 2.71. The molecule has 2 rings (SSSR count). The van der Waals surface area contributed by atoms with E-state index in [1.807, 2.05) is 0 Å². The third-order valence-corrected chi connectivity index (χ3v) is 3.88. The van der Waals surface area contributed by atoms with Crippen molar-refractivity contribution in [3.8, 4) is 5.75 Å². The Kier molecular flexibility index (Phi) is 5.72. The summed E-state index contributed by atoms with van der Waals surface area (Å²) in [5.41, 5.74) is 2.56. The van der Waals surface area contributed by atoms with Crippen molar-refractivity contribution >= 4 is 5.69 Å². The van der Waals surface area contributed by atoms with Crippen LogP contribution < -0.4 is 15.0 Å². The predicted molar refractivity (Wildman–Crippen MR) is 85.8 cm³/mol. The van der Waals surface area contributed by atoms with Gasteiger partial charge < -0.3 is 15.0 Å². The van der Waals surface area contributed by atoms with Gasteiger partial charge >= 0.3 is 0 Å². The van der Waals surface area contributed by atoms with Gasteiger partial charge in [0.25, 0.3) is 0 Å². The summed E-state index contributed by atoms with van der Waals surface area (Å²) in [7, 11) is 0. The van der Waals surface area contributed by atoms with E-state index in [-0.39, 0.29) is 0 Å². The van der Waals surface area contributed by atoms with Gasteiger partial charge in [0.05, 0.1) is 12.3 Å². The van der Waals surface area contributed by atoms with Crippen molar-refractivity contribution in [3.05, 3.63) is 23.8 Å². The zero-order chi connectivity index (χ0) is 14.4. The molecule has 1 aliphatic rings. The van der Waals surface area contributed by atoms with Crippen LogP contribution in [-0.2, 0) is 0 Å². The van der Waals surface area contributed by atoms with E-state index in [0.29, 0.717) is 5.92 Å². The van der Waals surface area contributed by atoms with Gasteiger partial charge in [-0.1, -0.05) is 26.3 Å². The lowest BCUT2D eigenvalue weighted by atomic mass is 10.1. The van der Waals surface area contributed by atoms with Crippen molar-refractivity contribution in [1.29, 1.82) is 0 Å². The Hall–Kier alpha value is -1.22. The van der Waals surface area contributed by atoms with Gasteiger partial charge in [0, 0.05) is 26.2 Å². The van der Waals surface area contributed by atoms with E-state index in [4.69, 9.17) is 4.74 Å². The summed E-state index contributed by atoms with van der Waals surface area (Å²) < 4.78 is 6.10. The van der Waals surface area contributed by atoms with Gasteiger partial charge in [-0.25, -0.2) is 0 Å². The topological polar surface area (TPSA) is 24.5 Å². The molecule has 1 aromatic carbocycles. The first-order valence-electron chi connectivity index (χ1n) is 7.89. The second-order valence-corrected chi connectivity index (χ2v) is 5.91. The smallest absolute Gasteiger partial charge is 0.142 e. The van der Waals surface area contributed by atoms with Crippen molar-refractivity contribution in [2.24, 2.45) is 5.92 Å². The van der Waals surface area contributed by atoms with Gasteiger partial charge in [0.15, 0.2) is 0 Å². The SMILES string of the molecule is CCCC(C)COc1ccc(C)cc1N1CCNCC1. The summed E-state index contributed by atoms with van der Waals surface area (Å²) in [6.45, 7) is 11.7. The maximum Gasteiger partial charge on any atom is 0.142 e. The molecule has 1 heterocycles. The quantitative estimate of drug-likeness (QED) is 0.863. The summed E-state index contributed by atoms with van der Waals surface area (Å²) in [6, 6.07) is 6.53. The molecular weight excluding hydrogens is 248 g/mol. The highest BCUT2D eigenvalue weighted by Crippen LogP contribution is 2.30. The Bertz CT molecular complexity index is 413. The van der Waals surface area contributed by atoms with Crippen LogP contribution in [0.15, 0.2) is 18.2 Å². The molecule has 0 amide bonds. The highest BCUT2D eigenvalue weighted by Gasteiger charge is 2.15. The Balaban J connectivity index is 2.06. The molecule has 1 saturated heterocycles. The molecule has 112 valence electrons. The number of rotatable bonds is 6. The molecular formula is C17H28N2O. The van der Waals surface area contributed by atoms with Crippen LogP contribution in [0.4, 0.5) is 5.69 Å². The molecule has 1 unspecified atom stereocenters. The number of aryl methyl sites for hydroxylation is 1. The molecule has 0 aromatic heterocycles. The Morgan fingerprint density at radius 1 is 1.30 bits per heavy atom. The van der Waals surface area contributed by atoms with Gasteiger partial charge in [0.2, 0.25) is 0 Å². The van der Waals surface area contributed by atoms with E-state index in [2.05, 4.69) is 49.2 Å². The third-order valence-electron chi connectivity index (χ3n) is 3.88. The number of nitrogens with one attached hydrogen (secondary N) is 1. The monoisotopic (exact) mass is 276 g/mol. The molecule has 0 radical (unpaired) electrons. The molecule has 1 N–H and O–H groups in total. The first-order chi connectivity index (χ1) is 9.70. The maximum atomic E-state index is 6.10. The minimum atomic E-state index is 0.622. The average molecular weight is 276 g/mol. The van der Waals surface area contributed by atoms with Crippen LogP contribution in [0.1, 0.15) is 32.3 Å². The molecule has 1 fully saturated rings. The Labute approximate surface area is 123 Å². The van der Waals surface area contributed by atoms with Crippen LogP contribution in [0, 0.1) is 12.8 Å². The van der Waals surface area contributed by atoms with Crippen molar-refractivity contribution in [1.82, 2.24) is 5.32 Å². The lowest BCUT2D eigenvalue weighted by Gasteiger charge is -2.31. The van der Waals surface area contributed by atoms with Gasteiger partial charge in [-0.3, -0.25) is 0 Å². The average Bonchev–Trinajstić information content (AvgIpc) is 2.47. The zero-order valence-electron chi connectivity index (χ0n) is 13.1. The second-order valence-electron chi connectivity index (χ2n) is 5.91. The lowest BCUT2D eigenvalue weighted by molar-refractivity contribution is 0.251. The fraction of sp³-hybridized carbons (Fsp3) is 0.647. The number of anilines is 1. The molecule has 3 heteroatoms. The van der Waals surface area contributed by atoms with Crippen LogP contribution in [0.3, 0.4) is 0 Å². The lowest BCUT2D eigenvalue weighted by Crippen LogP contribution is -2.43. The van der Waals surface area contributed by atoms with E-state index in [1.54, 1.807) is 0 Å². The van der Waals surface area contributed by atoms with Crippen molar-refractivity contribution in [2.45, 2.75) is 33.6 Å². The molecule has 20 heavy (non-hydrogen) atoms. The minimum Gasteiger partial charge on any atom is -0.491 e. The Morgan fingerprint density at radius 2 is 2.05 bits per heavy atom. The summed E-state index contributed by atoms with van der Waals surface area (Å²) >= 11 is 0. The standard InChI is InChI=1S/C17H28N2O/c1-4-5-15(3)13-20-17-7-6-14(2)12-16(17)19-10-8-18-9-11-19/h6-7,12,15,18H,4-5,8-11,13H2,1-3H3. The van der Waals surface area contributed by atoms with E-state index in [0.717, 1.165) is 38.5 Å². The van der Waals surface area contributed by atoms with Crippen LogP contribution in [0.2, 0.25) is 0 Å². The molecule has 1 aliphatic heterocycles. The highest BCUT2D eigenvalue weighted by molar-refractivity contribution is 5.60. The van der Waals surface area contributed by atoms with Gasteiger partial charge in [-0.15, -0.1) is 0 Å². The largest absolute Gasteiger partial charge is 0.491 e. The molecule has 1 aromatic rings. The summed E-state index contributed by atoms with van der Waals surface area (Å²) in [5.74, 6) is 1.66. The van der Waals surface area contributed by atoms with Crippen LogP contribution in [0.25, 0.3) is 0 Å². The highest BCUT2D eigenvalue weighted by atomic mass is 16.5. The van der Waals surface area contributed by atoms with Crippen molar-refractivity contribution < 1.29 is 4.74 Å². The van der Waals surface area contributed by atoms with E-state index in [1.165, 1.54) is 24.1 Å². The van der Waals surface area contributed by atoms with Crippen LogP contribution in [-0.4, -0.2) is 32.8 Å². The van der Waals surface area contributed by atoms with E-state index in [9.17, 15) is 0 Å². The molecule has 0 bridgehead atoms. The van der Waals surface area contributed by atoms with Crippen molar-refractivity contribution in [2.75, 3.05) is 37.7 Å². The minimum absolute atomic E-state index is 0.622. The van der Waals surface area contributed by atoms with Crippen LogP contribution >= 0.6 is 0 Å². The van der Waals surface area contributed by atoms with E-state index < -0.39 is 0 Å². The summed E-state index contributed by atoms with van der Waals surface area (Å²) in [6.07, 6.45) is 2.46. The van der Waals surface area contributed by atoms with Gasteiger partial charge in [-0.2, -0.15) is 0 Å². The summed E-state index contributed by atoms with van der Waals surface area (Å²) in [5, 5.41) is 3.40. The fourth-order valence-electron chi connectivity index (χ4n) is 2.71. The number of benzene rings is 1. The first kappa shape index (κ1) is 15.2. The Morgan fingerprint density at radius 3 is 2.75 bits per heavy atom. The third kappa shape index (κ3) is 4.14. The number of hydrogen-bond donors (Lipinski definition) is 1. The zero-order valence-corrected chi connectivity index (χ0v) is 13.1. The molecule has 0 aliphatic carbocycles. The molecule has 0 spiro atoms. The van der Waals surface area contributed by atoms with Gasteiger partial charge in [0.1, 0.15) is 5.75 Å². The van der Waals surface area contributed by atoms with Gasteiger partial charge in [-0.05, 0) is 37.0 Å². The van der Waals surface area contributed by atoms with E-state index >= 15 is 0 Å². The summed E-state index contributed by atoms with van der Waals surface area (Å²) in [4.78, 5) is 2.43. The molecule has 0 saturated carbocycles. The number of hydrogen-bond acceptors (Lipinski definition) is 3. The number of piperazine rings is 1. The normalized spacial score (nSPS) is 17.1. The molecule has 3 nitrogen and oxygen atoms in total. The van der Waals surface area contributed by atoms with Crippen LogP contribution in [0.5, 0.6) is 5.75 Å². The molecule has 1 atom stereocenters. The maximum absolute atomic E-state index is 6.10. The first-order valence-corrected chi connectivity index (χ1v) is 7.89. The number of ether oxygens (including phenoxy) is 1. The predicted octanol–water partition coefficient (Wildman–Crippen LogP) is 3.22.